The molecule has 0 unspecified atom stereocenters. The first-order valence-electron chi connectivity index (χ1n) is 5.28. The molecule has 0 aliphatic carbocycles. The summed E-state index contributed by atoms with van der Waals surface area (Å²) < 4.78 is 0.711. The zero-order valence-corrected chi connectivity index (χ0v) is 12.6. The lowest BCUT2D eigenvalue weighted by atomic mass is 10.1. The Balaban J connectivity index is 2.18. The molecule has 1 heterocycles. The van der Waals surface area contributed by atoms with Crippen LogP contribution in [0.25, 0.3) is 0 Å². The quantitative estimate of drug-likeness (QED) is 0.846. The Hall–Kier alpha value is -1.11. The predicted octanol–water partition coefficient (Wildman–Crippen LogP) is 2.96. The summed E-state index contributed by atoms with van der Waals surface area (Å²) in [6.07, 6.45) is 0.511. The number of hydrogen-bond donors (Lipinski definition) is 2. The maximum Gasteiger partial charge on any atom is 0.271 e. The van der Waals surface area contributed by atoms with Crippen molar-refractivity contribution < 1.29 is 9.59 Å². The molecule has 8 heteroatoms. The van der Waals surface area contributed by atoms with Gasteiger partial charge < -0.3 is 5.32 Å². The summed E-state index contributed by atoms with van der Waals surface area (Å²) in [5, 5.41) is 6.90. The number of nitrogens with one attached hydrogen (secondary N) is 2. The SMILES string of the molecule is O=C1CCC(C(=O)Nc2c(Cl)cc(Br)cc2Cl)=NN1. The Morgan fingerprint density at radius 2 is 1.95 bits per heavy atom. The number of anilines is 1. The van der Waals surface area contributed by atoms with Gasteiger partial charge in [0.15, 0.2) is 0 Å². The summed E-state index contributed by atoms with van der Waals surface area (Å²) in [4.78, 5) is 22.9. The number of carbonyl (C=O) groups is 2. The number of amides is 2. The van der Waals surface area contributed by atoms with Crippen molar-refractivity contribution in [3.63, 3.8) is 0 Å². The fraction of sp³-hybridized carbons (Fsp3) is 0.182. The molecule has 1 aliphatic rings. The molecule has 0 saturated heterocycles. The maximum atomic E-state index is 11.9. The molecule has 0 saturated carbocycles. The second kappa shape index (κ2) is 5.90. The van der Waals surface area contributed by atoms with E-state index in [2.05, 4.69) is 31.8 Å². The molecule has 0 radical (unpaired) electrons. The Bertz CT molecular complexity index is 566. The van der Waals surface area contributed by atoms with E-state index >= 15 is 0 Å². The molecule has 0 aromatic heterocycles. The van der Waals surface area contributed by atoms with Crippen molar-refractivity contribution in [1.29, 1.82) is 0 Å². The van der Waals surface area contributed by atoms with Gasteiger partial charge in [-0.3, -0.25) is 9.59 Å². The molecule has 5 nitrogen and oxygen atoms in total. The van der Waals surface area contributed by atoms with Gasteiger partial charge in [-0.2, -0.15) is 5.10 Å². The molecule has 1 aromatic carbocycles. The van der Waals surface area contributed by atoms with Crippen molar-refractivity contribution in [2.75, 3.05) is 5.32 Å². The second-order valence-electron chi connectivity index (χ2n) is 3.79. The molecule has 2 rings (SSSR count). The number of halogens is 3. The largest absolute Gasteiger partial charge is 0.318 e. The molecule has 2 N–H and O–H groups in total. The van der Waals surface area contributed by atoms with Crippen LogP contribution in [0.5, 0.6) is 0 Å². The van der Waals surface area contributed by atoms with Gasteiger partial charge in [0.05, 0.1) is 15.7 Å². The molecule has 0 bridgehead atoms. The molecular formula is C11H8BrCl2N3O2. The lowest BCUT2D eigenvalue weighted by Gasteiger charge is -2.13. The molecule has 2 amide bonds. The fourth-order valence-electron chi connectivity index (χ4n) is 1.49. The standard InChI is InChI=1S/C11H8BrCl2N3O2/c12-5-3-6(13)10(7(14)4-5)15-11(19)8-1-2-9(18)17-16-8/h3-4H,1-2H2,(H,15,19)(H,17,18). The van der Waals surface area contributed by atoms with E-state index in [0.717, 1.165) is 0 Å². The van der Waals surface area contributed by atoms with E-state index in [1.165, 1.54) is 0 Å². The molecule has 1 aliphatic heterocycles. The highest BCUT2D eigenvalue weighted by Crippen LogP contribution is 2.33. The van der Waals surface area contributed by atoms with Crippen LogP contribution < -0.4 is 10.7 Å². The van der Waals surface area contributed by atoms with E-state index < -0.39 is 5.91 Å². The molecule has 100 valence electrons. The number of carbonyl (C=O) groups excluding carboxylic acids is 2. The minimum atomic E-state index is -0.439. The highest BCUT2D eigenvalue weighted by molar-refractivity contribution is 9.10. The van der Waals surface area contributed by atoms with Crippen LogP contribution >= 0.6 is 39.1 Å². The van der Waals surface area contributed by atoms with Gasteiger partial charge in [-0.25, -0.2) is 5.43 Å². The lowest BCUT2D eigenvalue weighted by molar-refractivity contribution is -0.121. The van der Waals surface area contributed by atoms with Gasteiger partial charge in [0, 0.05) is 17.3 Å². The summed E-state index contributed by atoms with van der Waals surface area (Å²) in [6.45, 7) is 0. The van der Waals surface area contributed by atoms with Crippen molar-refractivity contribution in [3.05, 3.63) is 26.7 Å². The lowest BCUT2D eigenvalue weighted by Crippen LogP contribution is -2.32. The third-order valence-corrected chi connectivity index (χ3v) is 3.47. The minimum absolute atomic E-state index is 0.212. The first kappa shape index (κ1) is 14.3. The Kier molecular flexibility index (Phi) is 4.44. The molecule has 0 fully saturated rings. The predicted molar refractivity (Wildman–Crippen MR) is 77.6 cm³/mol. The van der Waals surface area contributed by atoms with Crippen LogP contribution in [0.15, 0.2) is 21.7 Å². The summed E-state index contributed by atoms with van der Waals surface area (Å²) in [6, 6.07) is 3.24. The summed E-state index contributed by atoms with van der Waals surface area (Å²) in [5.74, 6) is -0.651. The molecule has 0 spiro atoms. The summed E-state index contributed by atoms with van der Waals surface area (Å²) >= 11 is 15.2. The zero-order valence-electron chi connectivity index (χ0n) is 9.47. The maximum absolute atomic E-state index is 11.9. The van der Waals surface area contributed by atoms with E-state index in [1.54, 1.807) is 12.1 Å². The second-order valence-corrected chi connectivity index (χ2v) is 5.52. The highest BCUT2D eigenvalue weighted by Gasteiger charge is 2.20. The fourth-order valence-corrected chi connectivity index (χ4v) is 2.79. The first-order chi connectivity index (χ1) is 8.97. The third kappa shape index (κ3) is 3.46. The number of hydrazone groups is 1. The van der Waals surface area contributed by atoms with Crippen molar-refractivity contribution in [1.82, 2.24) is 5.43 Å². The van der Waals surface area contributed by atoms with E-state index in [9.17, 15) is 9.59 Å². The van der Waals surface area contributed by atoms with Gasteiger partial charge in [0.2, 0.25) is 5.91 Å². The van der Waals surface area contributed by atoms with E-state index in [0.29, 0.717) is 20.2 Å². The van der Waals surface area contributed by atoms with Crippen molar-refractivity contribution in [2.45, 2.75) is 12.8 Å². The van der Waals surface area contributed by atoms with E-state index in [4.69, 9.17) is 23.2 Å². The normalized spacial score (nSPS) is 14.7. The topological polar surface area (TPSA) is 70.6 Å². The monoisotopic (exact) mass is 363 g/mol. The summed E-state index contributed by atoms with van der Waals surface area (Å²) in [7, 11) is 0. The summed E-state index contributed by atoms with van der Waals surface area (Å²) in [5.41, 5.74) is 2.80. The van der Waals surface area contributed by atoms with Crippen LogP contribution in [0.2, 0.25) is 10.0 Å². The molecular weight excluding hydrogens is 357 g/mol. The highest BCUT2D eigenvalue weighted by atomic mass is 79.9. The van der Waals surface area contributed by atoms with Crippen LogP contribution in [-0.2, 0) is 9.59 Å². The average Bonchev–Trinajstić information content (AvgIpc) is 2.34. The number of rotatable bonds is 2. The van der Waals surface area contributed by atoms with Crippen LogP contribution in [0.1, 0.15) is 12.8 Å². The molecule has 1 aromatic rings. The van der Waals surface area contributed by atoms with Gasteiger partial charge >= 0.3 is 0 Å². The van der Waals surface area contributed by atoms with Crippen LogP contribution in [0.3, 0.4) is 0 Å². The van der Waals surface area contributed by atoms with Crippen molar-refractivity contribution >= 4 is 62.3 Å². The zero-order chi connectivity index (χ0) is 14.0. The van der Waals surface area contributed by atoms with Gasteiger partial charge in [0.1, 0.15) is 5.71 Å². The smallest absolute Gasteiger partial charge is 0.271 e. The van der Waals surface area contributed by atoms with Gasteiger partial charge in [-0.15, -0.1) is 0 Å². The molecule has 19 heavy (non-hydrogen) atoms. The van der Waals surface area contributed by atoms with Gasteiger partial charge in [-0.1, -0.05) is 39.1 Å². The van der Waals surface area contributed by atoms with Gasteiger partial charge in [0.25, 0.3) is 5.91 Å². The third-order valence-electron chi connectivity index (χ3n) is 2.41. The average molecular weight is 365 g/mol. The minimum Gasteiger partial charge on any atom is -0.318 e. The van der Waals surface area contributed by atoms with Crippen LogP contribution in [0, 0.1) is 0 Å². The van der Waals surface area contributed by atoms with Crippen LogP contribution in [-0.4, -0.2) is 17.5 Å². The Morgan fingerprint density at radius 1 is 1.32 bits per heavy atom. The van der Waals surface area contributed by atoms with Crippen LogP contribution in [0.4, 0.5) is 5.69 Å². The number of hydrogen-bond acceptors (Lipinski definition) is 3. The van der Waals surface area contributed by atoms with Gasteiger partial charge in [-0.05, 0) is 12.1 Å². The first-order valence-corrected chi connectivity index (χ1v) is 6.83. The van der Waals surface area contributed by atoms with E-state index in [-0.39, 0.29) is 24.5 Å². The van der Waals surface area contributed by atoms with Crippen molar-refractivity contribution in [2.24, 2.45) is 5.10 Å². The van der Waals surface area contributed by atoms with E-state index in [1.807, 2.05) is 0 Å². The Morgan fingerprint density at radius 3 is 2.47 bits per heavy atom. The van der Waals surface area contributed by atoms with Crippen molar-refractivity contribution in [3.8, 4) is 0 Å². The number of benzene rings is 1. The Labute approximate surface area is 127 Å². The molecule has 0 atom stereocenters. The number of nitrogens with zero attached hydrogens (tertiary/aromatic N) is 1.